The molecule has 0 unspecified atom stereocenters. The highest BCUT2D eigenvalue weighted by Gasteiger charge is 2.26. The standard InChI is InChI=1S/C22H26ClN3O2/c1-16-5-3-8-20(17(16)2)25-11-13-26(14-12-25)22(28)21(27)24-10-9-18-6-4-7-19(23)15-18/h3-8,15H,9-14H2,1-2H3,(H,24,27). The number of hydrogen-bond donors (Lipinski definition) is 1. The summed E-state index contributed by atoms with van der Waals surface area (Å²) < 4.78 is 0. The Kier molecular flexibility index (Phi) is 6.57. The van der Waals surface area contributed by atoms with E-state index in [9.17, 15) is 9.59 Å². The van der Waals surface area contributed by atoms with Crippen molar-refractivity contribution in [2.24, 2.45) is 0 Å². The molecule has 0 aliphatic carbocycles. The molecular formula is C22H26ClN3O2. The number of carbonyl (C=O) groups excluding carboxylic acids is 2. The van der Waals surface area contributed by atoms with E-state index < -0.39 is 11.8 Å². The molecule has 0 spiro atoms. The number of nitrogens with zero attached hydrogens (tertiary/aromatic N) is 2. The summed E-state index contributed by atoms with van der Waals surface area (Å²) in [5.74, 6) is -0.992. The lowest BCUT2D eigenvalue weighted by Gasteiger charge is -2.36. The number of nitrogens with one attached hydrogen (secondary N) is 1. The highest BCUT2D eigenvalue weighted by atomic mass is 35.5. The average molecular weight is 400 g/mol. The molecular weight excluding hydrogens is 374 g/mol. The number of halogens is 1. The SMILES string of the molecule is Cc1cccc(N2CCN(C(=O)C(=O)NCCc3cccc(Cl)c3)CC2)c1C. The lowest BCUT2D eigenvalue weighted by molar-refractivity contribution is -0.146. The number of piperazine rings is 1. The van der Waals surface area contributed by atoms with Gasteiger partial charge < -0.3 is 15.1 Å². The molecule has 1 aliphatic heterocycles. The highest BCUT2D eigenvalue weighted by Crippen LogP contribution is 2.23. The van der Waals surface area contributed by atoms with Crippen molar-refractivity contribution in [3.05, 3.63) is 64.2 Å². The minimum atomic E-state index is -0.540. The number of hydrogen-bond acceptors (Lipinski definition) is 3. The first-order valence-electron chi connectivity index (χ1n) is 9.58. The van der Waals surface area contributed by atoms with Crippen molar-refractivity contribution in [2.75, 3.05) is 37.6 Å². The predicted octanol–water partition coefficient (Wildman–Crippen LogP) is 2.96. The van der Waals surface area contributed by atoms with Crippen molar-refractivity contribution in [2.45, 2.75) is 20.3 Å². The van der Waals surface area contributed by atoms with E-state index in [0.717, 1.165) is 18.7 Å². The van der Waals surface area contributed by atoms with Gasteiger partial charge in [-0.15, -0.1) is 0 Å². The van der Waals surface area contributed by atoms with Gasteiger partial charge in [-0.2, -0.15) is 0 Å². The molecule has 1 saturated heterocycles. The second-order valence-electron chi connectivity index (χ2n) is 7.13. The topological polar surface area (TPSA) is 52.7 Å². The molecule has 0 bridgehead atoms. The maximum Gasteiger partial charge on any atom is 0.312 e. The summed E-state index contributed by atoms with van der Waals surface area (Å²) in [6.07, 6.45) is 0.639. The summed E-state index contributed by atoms with van der Waals surface area (Å²) in [6.45, 7) is 7.19. The Hall–Kier alpha value is -2.53. The van der Waals surface area contributed by atoms with Crippen LogP contribution < -0.4 is 10.2 Å². The van der Waals surface area contributed by atoms with E-state index in [1.165, 1.54) is 16.8 Å². The third-order valence-corrected chi connectivity index (χ3v) is 5.50. The summed E-state index contributed by atoms with van der Waals surface area (Å²) in [7, 11) is 0. The summed E-state index contributed by atoms with van der Waals surface area (Å²) >= 11 is 5.96. The van der Waals surface area contributed by atoms with Gasteiger partial charge >= 0.3 is 11.8 Å². The van der Waals surface area contributed by atoms with Crippen LogP contribution in [0.1, 0.15) is 16.7 Å². The Morgan fingerprint density at radius 1 is 1.04 bits per heavy atom. The van der Waals surface area contributed by atoms with Crippen LogP contribution in [0.5, 0.6) is 0 Å². The van der Waals surface area contributed by atoms with E-state index in [1.807, 2.05) is 24.3 Å². The molecule has 1 N–H and O–H groups in total. The van der Waals surface area contributed by atoms with E-state index in [4.69, 9.17) is 11.6 Å². The summed E-state index contributed by atoms with van der Waals surface area (Å²) in [5.41, 5.74) is 4.76. The molecule has 5 nitrogen and oxygen atoms in total. The van der Waals surface area contributed by atoms with Gasteiger partial charge in [0.15, 0.2) is 0 Å². The third kappa shape index (κ3) is 4.84. The quantitative estimate of drug-likeness (QED) is 0.804. The number of aryl methyl sites for hydroxylation is 1. The lowest BCUT2D eigenvalue weighted by Crippen LogP contribution is -2.53. The van der Waals surface area contributed by atoms with E-state index in [-0.39, 0.29) is 0 Å². The van der Waals surface area contributed by atoms with Crippen LogP contribution in [-0.4, -0.2) is 49.4 Å². The largest absolute Gasteiger partial charge is 0.368 e. The van der Waals surface area contributed by atoms with Gasteiger partial charge in [-0.05, 0) is 55.2 Å². The van der Waals surface area contributed by atoms with Crippen molar-refractivity contribution >= 4 is 29.1 Å². The summed E-state index contributed by atoms with van der Waals surface area (Å²) in [6, 6.07) is 13.8. The molecule has 1 fully saturated rings. The molecule has 6 heteroatoms. The van der Waals surface area contributed by atoms with Crippen molar-refractivity contribution in [3.63, 3.8) is 0 Å². The molecule has 2 aromatic carbocycles. The summed E-state index contributed by atoms with van der Waals surface area (Å²) in [4.78, 5) is 28.6. The van der Waals surface area contributed by atoms with Crippen LogP contribution in [0.2, 0.25) is 5.02 Å². The third-order valence-electron chi connectivity index (χ3n) is 5.27. The number of rotatable bonds is 4. The normalized spacial score (nSPS) is 14.1. The van der Waals surface area contributed by atoms with Crippen LogP contribution in [0, 0.1) is 13.8 Å². The van der Waals surface area contributed by atoms with Crippen LogP contribution in [0.15, 0.2) is 42.5 Å². The Morgan fingerprint density at radius 3 is 2.46 bits per heavy atom. The highest BCUT2D eigenvalue weighted by molar-refractivity contribution is 6.35. The molecule has 2 aromatic rings. The Bertz CT molecular complexity index is 861. The van der Waals surface area contributed by atoms with Gasteiger partial charge in [0, 0.05) is 43.4 Å². The van der Waals surface area contributed by atoms with Crippen molar-refractivity contribution in [1.29, 1.82) is 0 Å². The van der Waals surface area contributed by atoms with Gasteiger partial charge in [-0.3, -0.25) is 9.59 Å². The Balaban J connectivity index is 1.47. The van der Waals surface area contributed by atoms with Crippen LogP contribution in [-0.2, 0) is 16.0 Å². The molecule has 0 radical (unpaired) electrons. The van der Waals surface area contributed by atoms with Crippen molar-refractivity contribution in [1.82, 2.24) is 10.2 Å². The van der Waals surface area contributed by atoms with E-state index in [2.05, 4.69) is 42.3 Å². The van der Waals surface area contributed by atoms with Crippen LogP contribution in [0.25, 0.3) is 0 Å². The molecule has 148 valence electrons. The van der Waals surface area contributed by atoms with E-state index in [0.29, 0.717) is 31.1 Å². The smallest absolute Gasteiger partial charge is 0.312 e. The van der Waals surface area contributed by atoms with E-state index in [1.54, 1.807) is 4.90 Å². The first kappa shape index (κ1) is 20.2. The predicted molar refractivity (Wildman–Crippen MR) is 113 cm³/mol. The fourth-order valence-corrected chi connectivity index (χ4v) is 3.67. The number of carbonyl (C=O) groups is 2. The maximum absolute atomic E-state index is 12.4. The van der Waals surface area contributed by atoms with Gasteiger partial charge in [-0.1, -0.05) is 35.9 Å². The first-order valence-corrected chi connectivity index (χ1v) is 9.96. The van der Waals surface area contributed by atoms with Gasteiger partial charge in [-0.25, -0.2) is 0 Å². The molecule has 0 aromatic heterocycles. The van der Waals surface area contributed by atoms with Gasteiger partial charge in [0.1, 0.15) is 0 Å². The second kappa shape index (κ2) is 9.11. The number of amides is 2. The Morgan fingerprint density at radius 2 is 1.75 bits per heavy atom. The van der Waals surface area contributed by atoms with E-state index >= 15 is 0 Å². The zero-order chi connectivity index (χ0) is 20.1. The minimum Gasteiger partial charge on any atom is -0.368 e. The molecule has 1 aliphatic rings. The van der Waals surface area contributed by atoms with Gasteiger partial charge in [0.25, 0.3) is 0 Å². The fourth-order valence-electron chi connectivity index (χ4n) is 3.46. The molecule has 0 atom stereocenters. The first-order chi connectivity index (χ1) is 13.5. The lowest BCUT2D eigenvalue weighted by atomic mass is 10.1. The fraction of sp³-hybridized carbons (Fsp3) is 0.364. The summed E-state index contributed by atoms with van der Waals surface area (Å²) in [5, 5.41) is 3.39. The molecule has 3 rings (SSSR count). The van der Waals surface area contributed by atoms with Gasteiger partial charge in [0.05, 0.1) is 0 Å². The molecule has 2 amide bonds. The van der Waals surface area contributed by atoms with Gasteiger partial charge in [0.2, 0.25) is 0 Å². The number of benzene rings is 2. The zero-order valence-electron chi connectivity index (χ0n) is 16.4. The monoisotopic (exact) mass is 399 g/mol. The van der Waals surface area contributed by atoms with Crippen LogP contribution in [0.3, 0.4) is 0 Å². The maximum atomic E-state index is 12.4. The number of anilines is 1. The van der Waals surface area contributed by atoms with Crippen LogP contribution in [0.4, 0.5) is 5.69 Å². The minimum absolute atomic E-state index is 0.410. The molecule has 0 saturated carbocycles. The average Bonchev–Trinajstić information content (AvgIpc) is 2.70. The second-order valence-corrected chi connectivity index (χ2v) is 7.57. The van der Waals surface area contributed by atoms with Crippen molar-refractivity contribution in [3.8, 4) is 0 Å². The Labute approximate surface area is 171 Å². The molecule has 1 heterocycles. The molecule has 28 heavy (non-hydrogen) atoms. The zero-order valence-corrected chi connectivity index (χ0v) is 17.1. The van der Waals surface area contributed by atoms with Crippen molar-refractivity contribution < 1.29 is 9.59 Å². The van der Waals surface area contributed by atoms with Crippen LogP contribution >= 0.6 is 11.6 Å².